The van der Waals surface area contributed by atoms with Crippen LogP contribution in [0.25, 0.3) is 0 Å². The first-order valence-electron chi connectivity index (χ1n) is 5.05. The van der Waals surface area contributed by atoms with E-state index in [0.717, 1.165) is 24.7 Å². The molecule has 5 heteroatoms. The third kappa shape index (κ3) is 3.87. The second-order valence-electron chi connectivity index (χ2n) is 3.90. The van der Waals surface area contributed by atoms with E-state index in [0.29, 0.717) is 18.1 Å². The Morgan fingerprint density at radius 3 is 2.71 bits per heavy atom. The molecule has 14 heavy (non-hydrogen) atoms. The minimum atomic E-state index is -2.75. The molecule has 0 radical (unpaired) electrons. The van der Waals surface area contributed by atoms with Crippen LogP contribution in [0, 0.1) is 0 Å². The second-order valence-corrected chi connectivity index (χ2v) is 6.92. The van der Waals surface area contributed by atoms with E-state index in [1.165, 1.54) is 0 Å². The van der Waals surface area contributed by atoms with Gasteiger partial charge >= 0.3 is 0 Å². The Morgan fingerprint density at radius 1 is 1.43 bits per heavy atom. The van der Waals surface area contributed by atoms with Gasteiger partial charge in [0.25, 0.3) is 0 Å². The molecule has 84 valence electrons. The Bertz CT molecular complexity index is 266. The van der Waals surface area contributed by atoms with Crippen molar-refractivity contribution in [1.29, 1.82) is 0 Å². The van der Waals surface area contributed by atoms with E-state index < -0.39 is 9.84 Å². The van der Waals surface area contributed by atoms with E-state index in [2.05, 4.69) is 20.8 Å². The lowest BCUT2D eigenvalue weighted by Gasteiger charge is -2.32. The average molecular weight is 284 g/mol. The zero-order valence-corrected chi connectivity index (χ0v) is 11.0. The molecule has 0 saturated carbocycles. The summed E-state index contributed by atoms with van der Waals surface area (Å²) in [6.07, 6.45) is 2.31. The van der Waals surface area contributed by atoms with Crippen molar-refractivity contribution in [1.82, 2.24) is 4.90 Å². The van der Waals surface area contributed by atoms with Crippen molar-refractivity contribution in [2.45, 2.75) is 25.8 Å². The molecule has 0 amide bonds. The molecule has 1 aliphatic heterocycles. The van der Waals surface area contributed by atoms with Crippen LogP contribution in [-0.4, -0.2) is 49.3 Å². The van der Waals surface area contributed by atoms with Gasteiger partial charge < -0.3 is 0 Å². The van der Waals surface area contributed by atoms with Crippen molar-refractivity contribution in [3.05, 3.63) is 0 Å². The van der Waals surface area contributed by atoms with Crippen LogP contribution in [0.2, 0.25) is 0 Å². The maximum absolute atomic E-state index is 11.3. The SMILES string of the molecule is CC1CS(=O)(=O)CCN1CCCCBr. The van der Waals surface area contributed by atoms with Gasteiger partial charge in [0, 0.05) is 17.9 Å². The second kappa shape index (κ2) is 5.47. The van der Waals surface area contributed by atoms with E-state index in [4.69, 9.17) is 0 Å². The van der Waals surface area contributed by atoms with Crippen molar-refractivity contribution in [2.75, 3.05) is 29.9 Å². The number of rotatable bonds is 4. The van der Waals surface area contributed by atoms with Gasteiger partial charge in [-0.25, -0.2) is 8.42 Å². The summed E-state index contributed by atoms with van der Waals surface area (Å²) in [6, 6.07) is 0.198. The number of unbranched alkanes of at least 4 members (excludes halogenated alkanes) is 1. The van der Waals surface area contributed by atoms with Gasteiger partial charge in [-0.1, -0.05) is 15.9 Å². The quantitative estimate of drug-likeness (QED) is 0.576. The van der Waals surface area contributed by atoms with E-state index in [1.807, 2.05) is 6.92 Å². The van der Waals surface area contributed by atoms with Crippen LogP contribution in [0.15, 0.2) is 0 Å². The largest absolute Gasteiger partial charge is 0.299 e. The molecule has 0 spiro atoms. The molecular weight excluding hydrogens is 266 g/mol. The van der Waals surface area contributed by atoms with Crippen LogP contribution < -0.4 is 0 Å². The highest BCUT2D eigenvalue weighted by Gasteiger charge is 2.27. The molecule has 0 aromatic heterocycles. The summed E-state index contributed by atoms with van der Waals surface area (Å²) in [5.74, 6) is 0.674. The summed E-state index contributed by atoms with van der Waals surface area (Å²) in [4.78, 5) is 2.28. The highest BCUT2D eigenvalue weighted by molar-refractivity contribution is 9.09. The molecule has 1 aliphatic rings. The molecule has 1 saturated heterocycles. The lowest BCUT2D eigenvalue weighted by molar-refractivity contribution is 0.224. The van der Waals surface area contributed by atoms with Crippen molar-refractivity contribution in [3.63, 3.8) is 0 Å². The van der Waals surface area contributed by atoms with Gasteiger partial charge in [0.15, 0.2) is 9.84 Å². The molecule has 0 N–H and O–H groups in total. The minimum Gasteiger partial charge on any atom is -0.299 e. The van der Waals surface area contributed by atoms with Gasteiger partial charge in [-0.05, 0) is 26.3 Å². The fourth-order valence-corrected chi connectivity index (χ4v) is 3.80. The first kappa shape index (κ1) is 12.5. The molecule has 0 aliphatic carbocycles. The van der Waals surface area contributed by atoms with Crippen LogP contribution >= 0.6 is 15.9 Å². The lowest BCUT2D eigenvalue weighted by Crippen LogP contribution is -2.47. The normalized spacial score (nSPS) is 27.7. The highest BCUT2D eigenvalue weighted by Crippen LogP contribution is 2.12. The summed E-state index contributed by atoms with van der Waals surface area (Å²) in [7, 11) is -2.75. The maximum Gasteiger partial charge on any atom is 0.153 e. The topological polar surface area (TPSA) is 37.4 Å². The smallest absolute Gasteiger partial charge is 0.153 e. The Hall–Kier alpha value is 0.390. The van der Waals surface area contributed by atoms with Gasteiger partial charge in [-0.2, -0.15) is 0 Å². The Labute approximate surface area is 94.9 Å². The molecule has 1 rings (SSSR count). The van der Waals surface area contributed by atoms with E-state index in [-0.39, 0.29) is 6.04 Å². The van der Waals surface area contributed by atoms with Crippen molar-refractivity contribution >= 4 is 25.8 Å². The number of halogens is 1. The molecule has 0 bridgehead atoms. The predicted molar refractivity (Wildman–Crippen MR) is 62.7 cm³/mol. The van der Waals surface area contributed by atoms with E-state index in [9.17, 15) is 8.42 Å². The fraction of sp³-hybridized carbons (Fsp3) is 1.00. The van der Waals surface area contributed by atoms with Gasteiger partial charge in [0.1, 0.15) is 0 Å². The maximum atomic E-state index is 11.3. The van der Waals surface area contributed by atoms with Crippen molar-refractivity contribution in [2.24, 2.45) is 0 Å². The zero-order valence-electron chi connectivity index (χ0n) is 8.58. The Morgan fingerprint density at radius 2 is 2.14 bits per heavy atom. The van der Waals surface area contributed by atoms with Crippen molar-refractivity contribution in [3.8, 4) is 0 Å². The van der Waals surface area contributed by atoms with Crippen LogP contribution in [0.4, 0.5) is 0 Å². The fourth-order valence-electron chi connectivity index (χ4n) is 1.77. The lowest BCUT2D eigenvalue weighted by atomic mass is 10.2. The molecule has 1 heterocycles. The highest BCUT2D eigenvalue weighted by atomic mass is 79.9. The first-order valence-corrected chi connectivity index (χ1v) is 8.00. The van der Waals surface area contributed by atoms with Crippen LogP contribution in [0.1, 0.15) is 19.8 Å². The monoisotopic (exact) mass is 283 g/mol. The van der Waals surface area contributed by atoms with Gasteiger partial charge in [-0.3, -0.25) is 4.90 Å². The number of hydrogen-bond donors (Lipinski definition) is 0. The summed E-state index contributed by atoms with van der Waals surface area (Å²) in [5, 5.41) is 1.04. The molecule has 0 aromatic rings. The Balaban J connectivity index is 2.35. The predicted octanol–water partition coefficient (Wildman–Crippen LogP) is 1.28. The summed E-state index contributed by atoms with van der Waals surface area (Å²) in [5.41, 5.74) is 0. The molecular formula is C9H18BrNO2S. The zero-order chi connectivity index (χ0) is 10.6. The third-order valence-corrected chi connectivity index (χ3v) is 4.99. The Kier molecular flexibility index (Phi) is 4.87. The number of hydrogen-bond acceptors (Lipinski definition) is 3. The first-order chi connectivity index (χ1) is 6.55. The number of sulfone groups is 1. The molecule has 0 aromatic carbocycles. The van der Waals surface area contributed by atoms with Crippen LogP contribution in [0.5, 0.6) is 0 Å². The standard InChI is InChI=1S/C9H18BrNO2S/c1-9-8-14(12,13)7-6-11(9)5-3-2-4-10/h9H,2-8H2,1H3. The van der Waals surface area contributed by atoms with Crippen molar-refractivity contribution < 1.29 is 8.42 Å². The number of alkyl halides is 1. The van der Waals surface area contributed by atoms with Crippen LogP contribution in [-0.2, 0) is 9.84 Å². The van der Waals surface area contributed by atoms with Gasteiger partial charge in [0.05, 0.1) is 11.5 Å². The van der Waals surface area contributed by atoms with Gasteiger partial charge in [0.2, 0.25) is 0 Å². The van der Waals surface area contributed by atoms with Crippen LogP contribution in [0.3, 0.4) is 0 Å². The van der Waals surface area contributed by atoms with E-state index >= 15 is 0 Å². The average Bonchev–Trinajstić information content (AvgIpc) is 2.08. The van der Waals surface area contributed by atoms with Gasteiger partial charge in [-0.15, -0.1) is 0 Å². The summed E-state index contributed by atoms with van der Waals surface area (Å²) >= 11 is 3.39. The number of nitrogens with zero attached hydrogens (tertiary/aromatic N) is 1. The minimum absolute atomic E-state index is 0.198. The van der Waals surface area contributed by atoms with E-state index in [1.54, 1.807) is 0 Å². The molecule has 1 atom stereocenters. The molecule has 3 nitrogen and oxygen atoms in total. The summed E-state index contributed by atoms with van der Waals surface area (Å²) < 4.78 is 22.6. The molecule has 1 unspecified atom stereocenters. The summed E-state index contributed by atoms with van der Waals surface area (Å²) in [6.45, 7) is 3.75. The molecule has 1 fully saturated rings. The third-order valence-electron chi connectivity index (χ3n) is 2.64.